The van der Waals surface area contributed by atoms with Crippen molar-refractivity contribution in [2.24, 2.45) is 0 Å². The highest BCUT2D eigenvalue weighted by molar-refractivity contribution is 7.90. The molecule has 2 aromatic rings. The molecular formula is C18H22BNO4S. The highest BCUT2D eigenvalue weighted by Crippen LogP contribution is 2.36. The maximum Gasteiger partial charge on any atom is 0.494 e. The Hall–Kier alpha value is -1.70. The quantitative estimate of drug-likeness (QED) is 0.784. The fourth-order valence-corrected chi connectivity index (χ4v) is 3.85. The summed E-state index contributed by atoms with van der Waals surface area (Å²) < 4.78 is 37.1. The van der Waals surface area contributed by atoms with E-state index in [1.54, 1.807) is 48.7 Å². The van der Waals surface area contributed by atoms with E-state index in [4.69, 9.17) is 9.31 Å². The molecule has 0 atom stereocenters. The molecule has 0 spiro atoms. The lowest BCUT2D eigenvalue weighted by Crippen LogP contribution is -2.41. The Morgan fingerprint density at radius 1 is 0.960 bits per heavy atom. The van der Waals surface area contributed by atoms with Gasteiger partial charge in [0.05, 0.1) is 27.5 Å². The van der Waals surface area contributed by atoms with Crippen molar-refractivity contribution in [2.75, 3.05) is 0 Å². The van der Waals surface area contributed by atoms with E-state index in [0.29, 0.717) is 5.69 Å². The molecule has 0 bridgehead atoms. The van der Waals surface area contributed by atoms with E-state index in [0.717, 1.165) is 5.46 Å². The number of hydrogen-bond acceptors (Lipinski definition) is 5. The van der Waals surface area contributed by atoms with Gasteiger partial charge in [0, 0.05) is 6.20 Å². The van der Waals surface area contributed by atoms with Gasteiger partial charge in [0.25, 0.3) is 0 Å². The van der Waals surface area contributed by atoms with Gasteiger partial charge in [-0.25, -0.2) is 8.42 Å². The number of aromatic nitrogens is 1. The van der Waals surface area contributed by atoms with Gasteiger partial charge < -0.3 is 9.31 Å². The number of nitrogens with zero attached hydrogens (tertiary/aromatic N) is 1. The molecule has 1 fully saturated rings. The minimum atomic E-state index is -3.44. The zero-order chi connectivity index (χ0) is 18.3. The Morgan fingerprint density at radius 3 is 2.08 bits per heavy atom. The number of benzene rings is 1. The van der Waals surface area contributed by atoms with Crippen molar-refractivity contribution in [3.63, 3.8) is 0 Å². The average molecular weight is 359 g/mol. The van der Waals surface area contributed by atoms with Gasteiger partial charge in [-0.05, 0) is 57.4 Å². The molecule has 3 rings (SSSR count). The lowest BCUT2D eigenvalue weighted by atomic mass is 9.79. The van der Waals surface area contributed by atoms with E-state index in [1.807, 2.05) is 27.7 Å². The second kappa shape index (κ2) is 6.23. The van der Waals surface area contributed by atoms with Crippen LogP contribution < -0.4 is 5.46 Å². The summed E-state index contributed by atoms with van der Waals surface area (Å²) in [5.41, 5.74) is 0.468. The average Bonchev–Trinajstić information content (AvgIpc) is 2.76. The first kappa shape index (κ1) is 18.1. The monoisotopic (exact) mass is 359 g/mol. The van der Waals surface area contributed by atoms with Crippen LogP contribution in [0.5, 0.6) is 0 Å². The summed E-state index contributed by atoms with van der Waals surface area (Å²) in [7, 11) is -3.95. The minimum absolute atomic E-state index is 0.121. The molecule has 1 aromatic carbocycles. The van der Waals surface area contributed by atoms with E-state index in [-0.39, 0.29) is 10.6 Å². The van der Waals surface area contributed by atoms with Gasteiger partial charge in [-0.1, -0.05) is 18.2 Å². The third-order valence-electron chi connectivity index (χ3n) is 4.83. The van der Waals surface area contributed by atoms with Crippen LogP contribution in [0.1, 0.15) is 33.4 Å². The largest absolute Gasteiger partial charge is 0.494 e. The second-order valence-corrected chi connectivity index (χ2v) is 9.23. The van der Waals surface area contributed by atoms with Crippen LogP contribution in [0.3, 0.4) is 0 Å². The minimum Gasteiger partial charge on any atom is -0.399 e. The number of hydrogen-bond donors (Lipinski definition) is 0. The molecule has 1 aliphatic heterocycles. The van der Waals surface area contributed by atoms with E-state index in [2.05, 4.69) is 4.98 Å². The highest BCUT2D eigenvalue weighted by Gasteiger charge is 2.51. The lowest BCUT2D eigenvalue weighted by Gasteiger charge is -2.32. The van der Waals surface area contributed by atoms with Gasteiger partial charge in [-0.2, -0.15) is 0 Å². The molecule has 0 aliphatic carbocycles. The van der Waals surface area contributed by atoms with Crippen molar-refractivity contribution in [1.29, 1.82) is 0 Å². The number of rotatable bonds is 4. The molecule has 0 radical (unpaired) electrons. The fraction of sp³-hybridized carbons (Fsp3) is 0.389. The van der Waals surface area contributed by atoms with E-state index < -0.39 is 28.2 Å². The van der Waals surface area contributed by atoms with Gasteiger partial charge in [0.1, 0.15) is 0 Å². The topological polar surface area (TPSA) is 65.5 Å². The normalized spacial score (nSPS) is 19.1. The predicted octanol–water partition coefficient (Wildman–Crippen LogP) is 2.35. The summed E-state index contributed by atoms with van der Waals surface area (Å²) in [5.74, 6) is -0.121. The van der Waals surface area contributed by atoms with E-state index >= 15 is 0 Å². The van der Waals surface area contributed by atoms with Crippen molar-refractivity contribution in [3.05, 3.63) is 54.4 Å². The Bertz CT molecular complexity index is 832. The first-order valence-corrected chi connectivity index (χ1v) is 9.84. The second-order valence-electron chi connectivity index (χ2n) is 7.24. The molecule has 132 valence electrons. The molecule has 0 N–H and O–H groups in total. The summed E-state index contributed by atoms with van der Waals surface area (Å²) >= 11 is 0. The van der Waals surface area contributed by atoms with Crippen molar-refractivity contribution in [1.82, 2.24) is 4.98 Å². The van der Waals surface area contributed by atoms with Crippen molar-refractivity contribution >= 4 is 22.4 Å². The third-order valence-corrected chi connectivity index (χ3v) is 6.49. The van der Waals surface area contributed by atoms with Crippen LogP contribution in [0.2, 0.25) is 0 Å². The zero-order valence-electron chi connectivity index (χ0n) is 14.9. The summed E-state index contributed by atoms with van der Waals surface area (Å²) in [5, 5.41) is 0. The summed E-state index contributed by atoms with van der Waals surface area (Å²) in [4.78, 5) is 4.35. The number of pyridine rings is 1. The Morgan fingerprint density at radius 2 is 1.56 bits per heavy atom. The van der Waals surface area contributed by atoms with Crippen molar-refractivity contribution in [3.8, 4) is 0 Å². The molecule has 25 heavy (non-hydrogen) atoms. The standard InChI is InChI=1S/C18H22BNO4S/c1-17(2)18(3,4)24-19(23-17)14-8-10-16(11-9-14)25(21,22)13-15-7-5-6-12-20-15/h5-12H,13H2,1-4H3. The fourth-order valence-electron chi connectivity index (χ4n) is 2.57. The van der Waals surface area contributed by atoms with Crippen LogP contribution in [0.25, 0.3) is 0 Å². The third kappa shape index (κ3) is 3.63. The van der Waals surface area contributed by atoms with Crippen molar-refractivity contribution < 1.29 is 17.7 Å². The molecule has 0 saturated carbocycles. The molecule has 7 heteroatoms. The summed E-state index contributed by atoms with van der Waals surface area (Å²) in [6.07, 6.45) is 1.59. The van der Waals surface area contributed by atoms with Crippen LogP contribution >= 0.6 is 0 Å². The van der Waals surface area contributed by atoms with Crippen molar-refractivity contribution in [2.45, 2.75) is 49.5 Å². The SMILES string of the molecule is CC1(C)OB(c2ccc(S(=O)(=O)Cc3ccccn3)cc2)OC1(C)C. The zero-order valence-corrected chi connectivity index (χ0v) is 15.7. The molecule has 1 saturated heterocycles. The maximum atomic E-state index is 12.5. The molecule has 5 nitrogen and oxygen atoms in total. The Labute approximate surface area is 149 Å². The van der Waals surface area contributed by atoms with Crippen LogP contribution in [0, 0.1) is 0 Å². The summed E-state index contributed by atoms with van der Waals surface area (Å²) in [6, 6.07) is 11.9. The Balaban J connectivity index is 1.79. The van der Waals surface area contributed by atoms with Crippen LogP contribution in [-0.4, -0.2) is 31.7 Å². The molecule has 2 heterocycles. The van der Waals surface area contributed by atoms with Gasteiger partial charge in [-0.3, -0.25) is 4.98 Å². The molecule has 0 unspecified atom stereocenters. The van der Waals surface area contributed by atoms with Crippen LogP contribution in [-0.2, 0) is 24.9 Å². The van der Waals surface area contributed by atoms with Gasteiger partial charge in [0.2, 0.25) is 0 Å². The van der Waals surface area contributed by atoms with E-state index in [1.165, 1.54) is 0 Å². The Kier molecular flexibility index (Phi) is 4.51. The lowest BCUT2D eigenvalue weighted by molar-refractivity contribution is 0.00578. The molecular weight excluding hydrogens is 337 g/mol. The van der Waals surface area contributed by atoms with Gasteiger partial charge in [0.15, 0.2) is 9.84 Å². The van der Waals surface area contributed by atoms with E-state index in [9.17, 15) is 8.42 Å². The van der Waals surface area contributed by atoms with Gasteiger partial charge >= 0.3 is 7.12 Å². The summed E-state index contributed by atoms with van der Waals surface area (Å²) in [6.45, 7) is 7.94. The maximum absolute atomic E-state index is 12.5. The first-order valence-electron chi connectivity index (χ1n) is 8.19. The first-order chi connectivity index (χ1) is 11.6. The van der Waals surface area contributed by atoms with Crippen LogP contribution in [0.4, 0.5) is 0 Å². The molecule has 1 aromatic heterocycles. The smallest absolute Gasteiger partial charge is 0.399 e. The van der Waals surface area contributed by atoms with Gasteiger partial charge in [-0.15, -0.1) is 0 Å². The number of sulfone groups is 1. The van der Waals surface area contributed by atoms with Crippen LogP contribution in [0.15, 0.2) is 53.6 Å². The molecule has 0 amide bonds. The highest BCUT2D eigenvalue weighted by atomic mass is 32.2. The molecule has 1 aliphatic rings. The predicted molar refractivity (Wildman–Crippen MR) is 97.3 cm³/mol.